The molecule has 0 bridgehead atoms. The molecule has 6 rings (SSSR count). The number of hydrogen-bond acceptors (Lipinski definition) is 11. The standard InChI is InChI=1S/C32H32FN3O11/c1-14(2)27(34-24(37)11-36-10-19(33)29(38)35-32(36)41)31(40)47-28-22(42-3)7-16(8-23(28)43-4)25-18-9-21-20(45-13-46-21)6-15(18)5-17-12-44-30(39)26(17)25/h6-10,14,17,25-27H,5,11-13H2,1-4H3,(H,34,37)(H,35,38,41)/t17-,25+,26-,27-/m0/s1. The van der Waals surface area contributed by atoms with Crippen LogP contribution in [-0.2, 0) is 32.1 Å². The van der Waals surface area contributed by atoms with Crippen LogP contribution >= 0.6 is 0 Å². The molecule has 0 spiro atoms. The zero-order valence-electron chi connectivity index (χ0n) is 25.9. The first kappa shape index (κ1) is 31.6. The van der Waals surface area contributed by atoms with Crippen LogP contribution in [0, 0.1) is 23.6 Å². The average Bonchev–Trinajstić information content (AvgIpc) is 3.65. The third-order valence-electron chi connectivity index (χ3n) is 8.59. The lowest BCUT2D eigenvalue weighted by Crippen LogP contribution is -2.48. The van der Waals surface area contributed by atoms with Crippen LogP contribution in [0.25, 0.3) is 0 Å². The Hall–Kier alpha value is -5.34. The Morgan fingerprint density at radius 1 is 1.04 bits per heavy atom. The van der Waals surface area contributed by atoms with Crippen LogP contribution in [0.5, 0.6) is 28.7 Å². The maximum Gasteiger partial charge on any atom is 0.334 e. The normalized spacial score (nSPS) is 19.8. The van der Waals surface area contributed by atoms with Crippen molar-refractivity contribution in [2.75, 3.05) is 27.6 Å². The predicted octanol–water partition coefficient (Wildman–Crippen LogP) is 1.65. The zero-order valence-corrected chi connectivity index (χ0v) is 25.9. The highest BCUT2D eigenvalue weighted by molar-refractivity contribution is 5.86. The molecule has 3 aromatic rings. The number of cyclic esters (lactones) is 1. The van der Waals surface area contributed by atoms with Crippen LogP contribution in [0.3, 0.4) is 0 Å². The largest absolute Gasteiger partial charge is 0.493 e. The Bertz CT molecular complexity index is 1860. The number of amides is 1. The summed E-state index contributed by atoms with van der Waals surface area (Å²) in [5, 5.41) is 2.50. The van der Waals surface area contributed by atoms with Gasteiger partial charge in [-0.1, -0.05) is 13.8 Å². The van der Waals surface area contributed by atoms with Crippen molar-refractivity contribution >= 4 is 17.8 Å². The molecule has 0 unspecified atom stereocenters. The van der Waals surface area contributed by atoms with Gasteiger partial charge in [-0.2, -0.15) is 4.39 Å². The number of nitrogens with zero attached hydrogens (tertiary/aromatic N) is 1. The summed E-state index contributed by atoms with van der Waals surface area (Å²) in [5.74, 6) is -3.35. The highest BCUT2D eigenvalue weighted by Gasteiger charge is 2.48. The fraction of sp³-hybridized carbons (Fsp3) is 0.406. The summed E-state index contributed by atoms with van der Waals surface area (Å²) in [5.41, 5.74) is 0.307. The molecule has 4 atom stereocenters. The molecule has 0 radical (unpaired) electrons. The molecule has 1 fully saturated rings. The quantitative estimate of drug-likeness (QED) is 0.254. The second-order valence-electron chi connectivity index (χ2n) is 11.8. The minimum Gasteiger partial charge on any atom is -0.493 e. The van der Waals surface area contributed by atoms with Crippen molar-refractivity contribution in [3.63, 3.8) is 0 Å². The number of carbonyl (C=O) groups is 3. The summed E-state index contributed by atoms with van der Waals surface area (Å²) < 4.78 is 48.1. The van der Waals surface area contributed by atoms with Gasteiger partial charge in [0.25, 0.3) is 5.56 Å². The Morgan fingerprint density at radius 3 is 2.38 bits per heavy atom. The number of nitrogens with one attached hydrogen (secondary N) is 2. The molecular formula is C32H32FN3O11. The summed E-state index contributed by atoms with van der Waals surface area (Å²) in [6, 6.07) is 5.93. The average molecular weight is 654 g/mol. The molecule has 2 aliphatic heterocycles. The van der Waals surface area contributed by atoms with E-state index in [1.165, 1.54) is 14.2 Å². The van der Waals surface area contributed by atoms with Crippen molar-refractivity contribution in [2.24, 2.45) is 17.8 Å². The maximum atomic E-state index is 13.7. The lowest BCUT2D eigenvalue weighted by molar-refractivity contribution is -0.141. The number of methoxy groups -OCH3 is 2. The lowest BCUT2D eigenvalue weighted by Gasteiger charge is -2.34. The first-order valence-corrected chi connectivity index (χ1v) is 14.8. The number of esters is 2. The van der Waals surface area contributed by atoms with Gasteiger partial charge < -0.3 is 33.7 Å². The van der Waals surface area contributed by atoms with E-state index in [2.05, 4.69) is 5.32 Å². The van der Waals surface area contributed by atoms with Crippen LogP contribution in [0.2, 0.25) is 0 Å². The summed E-state index contributed by atoms with van der Waals surface area (Å²) in [4.78, 5) is 64.4. The molecule has 0 saturated carbocycles. The molecule has 15 heteroatoms. The summed E-state index contributed by atoms with van der Waals surface area (Å²) in [6.45, 7) is 3.04. The van der Waals surface area contributed by atoms with E-state index in [-0.39, 0.29) is 42.5 Å². The van der Waals surface area contributed by atoms with E-state index in [0.29, 0.717) is 34.2 Å². The second kappa shape index (κ2) is 12.5. The van der Waals surface area contributed by atoms with Gasteiger partial charge in [0.15, 0.2) is 23.0 Å². The van der Waals surface area contributed by atoms with Gasteiger partial charge in [0.2, 0.25) is 24.3 Å². The van der Waals surface area contributed by atoms with Gasteiger partial charge in [0.05, 0.1) is 32.9 Å². The number of benzene rings is 2. The Kier molecular flexibility index (Phi) is 8.38. The third kappa shape index (κ3) is 5.88. The topological polar surface area (TPSA) is 173 Å². The van der Waals surface area contributed by atoms with Crippen molar-refractivity contribution in [2.45, 2.75) is 38.8 Å². The van der Waals surface area contributed by atoms with Gasteiger partial charge in [-0.15, -0.1) is 0 Å². The summed E-state index contributed by atoms with van der Waals surface area (Å²) in [6.07, 6.45) is 1.23. The minimum atomic E-state index is -1.25. The van der Waals surface area contributed by atoms with E-state index in [9.17, 15) is 28.4 Å². The van der Waals surface area contributed by atoms with Crippen LogP contribution in [-0.4, -0.2) is 61.1 Å². The van der Waals surface area contributed by atoms with Gasteiger partial charge in [0.1, 0.15) is 12.6 Å². The molecular weight excluding hydrogens is 621 g/mol. The number of halogens is 1. The number of ether oxygens (including phenoxy) is 6. The number of hydrogen-bond donors (Lipinski definition) is 2. The van der Waals surface area contributed by atoms with Crippen LogP contribution in [0.1, 0.15) is 36.5 Å². The lowest BCUT2D eigenvalue weighted by atomic mass is 9.67. The molecule has 3 heterocycles. The van der Waals surface area contributed by atoms with Gasteiger partial charge in [-0.25, -0.2) is 9.59 Å². The number of rotatable bonds is 9. The van der Waals surface area contributed by atoms with E-state index < -0.39 is 59.3 Å². The fourth-order valence-corrected chi connectivity index (χ4v) is 6.32. The molecule has 2 aromatic carbocycles. The van der Waals surface area contributed by atoms with Crippen molar-refractivity contribution in [3.8, 4) is 28.7 Å². The number of carbonyl (C=O) groups excluding carboxylic acids is 3. The van der Waals surface area contributed by atoms with Gasteiger partial charge >= 0.3 is 17.6 Å². The highest BCUT2D eigenvalue weighted by atomic mass is 19.1. The fourth-order valence-electron chi connectivity index (χ4n) is 6.32. The minimum absolute atomic E-state index is 0.0603. The maximum absolute atomic E-state index is 13.7. The molecule has 3 aliphatic rings. The smallest absolute Gasteiger partial charge is 0.334 e. The molecule has 1 saturated heterocycles. The van der Waals surface area contributed by atoms with Crippen LogP contribution in [0.4, 0.5) is 4.39 Å². The summed E-state index contributed by atoms with van der Waals surface area (Å²) in [7, 11) is 2.77. The monoisotopic (exact) mass is 653 g/mol. The molecule has 1 aliphatic carbocycles. The molecule has 14 nitrogen and oxygen atoms in total. The SMILES string of the molecule is COc1cc([C@@H]2c3cc4c(cc3C[C@H]3COC(=O)[C@@H]32)OCO4)cc(OC)c1OC(=O)[C@@H](NC(=O)Cn1cc(F)c(=O)[nH]c1=O)C(C)C. The van der Waals surface area contributed by atoms with E-state index in [1.807, 2.05) is 12.1 Å². The molecule has 2 N–H and O–H groups in total. The summed E-state index contributed by atoms with van der Waals surface area (Å²) >= 11 is 0. The highest BCUT2D eigenvalue weighted by Crippen LogP contribution is 2.52. The molecule has 1 aromatic heterocycles. The van der Waals surface area contributed by atoms with Crippen molar-refractivity contribution in [3.05, 3.63) is 73.8 Å². The van der Waals surface area contributed by atoms with E-state index in [1.54, 1.807) is 31.0 Å². The third-order valence-corrected chi connectivity index (χ3v) is 8.59. The van der Waals surface area contributed by atoms with Crippen molar-refractivity contribution in [1.29, 1.82) is 0 Å². The Balaban J connectivity index is 1.30. The van der Waals surface area contributed by atoms with Gasteiger partial charge in [-0.05, 0) is 53.3 Å². The van der Waals surface area contributed by atoms with Gasteiger partial charge in [0, 0.05) is 11.8 Å². The Labute approximate surface area is 266 Å². The van der Waals surface area contributed by atoms with E-state index in [4.69, 9.17) is 28.4 Å². The van der Waals surface area contributed by atoms with E-state index in [0.717, 1.165) is 11.1 Å². The number of H-pyrrole nitrogens is 1. The van der Waals surface area contributed by atoms with Crippen molar-refractivity contribution < 1.29 is 47.2 Å². The number of aromatic nitrogens is 2. The van der Waals surface area contributed by atoms with Gasteiger partial charge in [-0.3, -0.25) is 23.9 Å². The first-order valence-electron chi connectivity index (χ1n) is 14.8. The van der Waals surface area contributed by atoms with Crippen LogP contribution in [0.15, 0.2) is 40.1 Å². The second-order valence-corrected chi connectivity index (χ2v) is 11.8. The van der Waals surface area contributed by atoms with Crippen molar-refractivity contribution in [1.82, 2.24) is 14.9 Å². The molecule has 47 heavy (non-hydrogen) atoms. The predicted molar refractivity (Wildman–Crippen MR) is 159 cm³/mol. The number of fused-ring (bicyclic) bond motifs is 3. The van der Waals surface area contributed by atoms with Crippen LogP contribution < -0.4 is 40.3 Å². The Morgan fingerprint density at radius 2 is 1.72 bits per heavy atom. The zero-order chi connectivity index (χ0) is 33.6. The van der Waals surface area contributed by atoms with E-state index >= 15 is 0 Å². The number of aromatic amines is 1. The first-order chi connectivity index (χ1) is 22.5. The molecule has 1 amide bonds. The molecule has 248 valence electrons.